The van der Waals surface area contributed by atoms with Crippen LogP contribution in [0, 0.1) is 5.92 Å². The van der Waals surface area contributed by atoms with Gasteiger partial charge in [0.05, 0.1) is 5.54 Å². The van der Waals surface area contributed by atoms with Crippen molar-refractivity contribution in [1.29, 1.82) is 0 Å². The molecule has 1 aliphatic rings. The highest BCUT2D eigenvalue weighted by atomic mass is 15.2. The van der Waals surface area contributed by atoms with Gasteiger partial charge in [0.15, 0.2) is 0 Å². The summed E-state index contributed by atoms with van der Waals surface area (Å²) in [6.07, 6.45) is 8.77. The van der Waals surface area contributed by atoms with E-state index in [2.05, 4.69) is 17.2 Å². The number of nitrogens with zero attached hydrogens (tertiary/aromatic N) is 2. The van der Waals surface area contributed by atoms with Crippen LogP contribution in [0.4, 0.5) is 5.95 Å². The molecule has 0 saturated heterocycles. The Hall–Kier alpha value is -1.03. The van der Waals surface area contributed by atoms with E-state index in [0.29, 0.717) is 12.5 Å². The maximum Gasteiger partial charge on any atom is 0.202 e. The van der Waals surface area contributed by atoms with Crippen molar-refractivity contribution in [3.05, 3.63) is 12.4 Å². The molecule has 4 nitrogen and oxygen atoms in total. The predicted molar refractivity (Wildman–Crippen MR) is 66.2 cm³/mol. The van der Waals surface area contributed by atoms with Gasteiger partial charge >= 0.3 is 0 Å². The maximum atomic E-state index is 6.00. The number of hydrogen-bond acceptors (Lipinski definition) is 3. The van der Waals surface area contributed by atoms with Gasteiger partial charge < -0.3 is 15.6 Å². The molecule has 2 unspecified atom stereocenters. The lowest BCUT2D eigenvalue weighted by molar-refractivity contribution is 0.234. The van der Waals surface area contributed by atoms with E-state index in [4.69, 9.17) is 5.73 Å². The highest BCUT2D eigenvalue weighted by Gasteiger charge is 2.37. The quantitative estimate of drug-likeness (QED) is 0.819. The van der Waals surface area contributed by atoms with Crippen molar-refractivity contribution in [3.63, 3.8) is 0 Å². The minimum Gasteiger partial charge on any atom is -0.349 e. The Morgan fingerprint density at radius 2 is 2.44 bits per heavy atom. The summed E-state index contributed by atoms with van der Waals surface area (Å²) in [5.41, 5.74) is 6.03. The van der Waals surface area contributed by atoms with E-state index < -0.39 is 0 Å². The Bertz CT molecular complexity index is 347. The van der Waals surface area contributed by atoms with Crippen LogP contribution in [-0.4, -0.2) is 21.6 Å². The molecule has 0 spiro atoms. The lowest BCUT2D eigenvalue weighted by Gasteiger charge is -2.42. The molecule has 0 aromatic carbocycles. The van der Waals surface area contributed by atoms with Crippen molar-refractivity contribution < 1.29 is 0 Å². The first-order chi connectivity index (χ1) is 7.68. The largest absolute Gasteiger partial charge is 0.349 e. The van der Waals surface area contributed by atoms with E-state index in [9.17, 15) is 0 Å². The van der Waals surface area contributed by atoms with Crippen LogP contribution in [0.1, 0.15) is 32.6 Å². The third-order valence-electron chi connectivity index (χ3n) is 4.00. The van der Waals surface area contributed by atoms with Crippen molar-refractivity contribution in [2.24, 2.45) is 18.7 Å². The molecule has 1 saturated carbocycles. The molecule has 3 N–H and O–H groups in total. The smallest absolute Gasteiger partial charge is 0.202 e. The molecule has 2 rings (SSSR count). The molecule has 1 aromatic rings. The van der Waals surface area contributed by atoms with Crippen molar-refractivity contribution in [2.45, 2.75) is 38.1 Å². The summed E-state index contributed by atoms with van der Waals surface area (Å²) >= 11 is 0. The molecule has 1 aliphatic carbocycles. The molecule has 1 heterocycles. The Labute approximate surface area is 97.2 Å². The van der Waals surface area contributed by atoms with Crippen LogP contribution < -0.4 is 11.1 Å². The molecule has 4 heteroatoms. The molecule has 0 aliphatic heterocycles. The Morgan fingerprint density at radius 1 is 1.62 bits per heavy atom. The summed E-state index contributed by atoms with van der Waals surface area (Å²) in [4.78, 5) is 4.33. The van der Waals surface area contributed by atoms with Crippen LogP contribution in [-0.2, 0) is 7.05 Å². The van der Waals surface area contributed by atoms with Crippen LogP contribution in [0.15, 0.2) is 12.4 Å². The Kier molecular flexibility index (Phi) is 3.19. The first kappa shape index (κ1) is 11.5. The average Bonchev–Trinajstić information content (AvgIpc) is 2.68. The second kappa shape index (κ2) is 4.45. The minimum absolute atomic E-state index is 0.0391. The third kappa shape index (κ3) is 1.94. The molecule has 1 aromatic heterocycles. The summed E-state index contributed by atoms with van der Waals surface area (Å²) < 4.78 is 2.01. The molecular weight excluding hydrogens is 200 g/mol. The summed E-state index contributed by atoms with van der Waals surface area (Å²) in [5.74, 6) is 1.54. The van der Waals surface area contributed by atoms with E-state index in [0.717, 1.165) is 12.4 Å². The standard InChI is InChI=1S/C12H22N4/c1-10-5-3-4-6-12(10,9-13)15-11-14-7-8-16(11)2/h7-8,10H,3-6,9,13H2,1-2H3,(H,14,15). The molecule has 90 valence electrons. The van der Waals surface area contributed by atoms with E-state index in [1.165, 1.54) is 19.3 Å². The maximum absolute atomic E-state index is 6.00. The average molecular weight is 222 g/mol. The van der Waals surface area contributed by atoms with Gasteiger partial charge in [-0.25, -0.2) is 4.98 Å². The monoisotopic (exact) mass is 222 g/mol. The first-order valence-electron chi connectivity index (χ1n) is 6.13. The molecule has 0 amide bonds. The number of rotatable bonds is 3. The first-order valence-corrected chi connectivity index (χ1v) is 6.13. The number of nitrogens with one attached hydrogen (secondary N) is 1. The number of hydrogen-bond donors (Lipinski definition) is 2. The van der Waals surface area contributed by atoms with Gasteiger partial charge in [0.1, 0.15) is 0 Å². The van der Waals surface area contributed by atoms with E-state index in [1.54, 1.807) is 0 Å². The molecule has 0 radical (unpaired) electrons. The van der Waals surface area contributed by atoms with Crippen LogP contribution in [0.5, 0.6) is 0 Å². The van der Waals surface area contributed by atoms with Gasteiger partial charge in [0.2, 0.25) is 5.95 Å². The van der Waals surface area contributed by atoms with Crippen LogP contribution in [0.2, 0.25) is 0 Å². The minimum atomic E-state index is 0.0391. The fourth-order valence-corrected chi connectivity index (χ4v) is 2.66. The highest BCUT2D eigenvalue weighted by Crippen LogP contribution is 2.35. The van der Waals surface area contributed by atoms with Crippen molar-refractivity contribution >= 4 is 5.95 Å². The van der Waals surface area contributed by atoms with Gasteiger partial charge in [-0.05, 0) is 18.8 Å². The summed E-state index contributed by atoms with van der Waals surface area (Å²) in [7, 11) is 2.01. The van der Waals surface area contributed by atoms with Crippen LogP contribution in [0.3, 0.4) is 0 Å². The van der Waals surface area contributed by atoms with Crippen LogP contribution >= 0.6 is 0 Å². The zero-order valence-corrected chi connectivity index (χ0v) is 10.2. The number of anilines is 1. The third-order valence-corrected chi connectivity index (χ3v) is 4.00. The lowest BCUT2D eigenvalue weighted by Crippen LogP contribution is -2.52. The SMILES string of the molecule is CC1CCCCC1(CN)Nc1nccn1C. The Balaban J connectivity index is 2.18. The fourth-order valence-electron chi connectivity index (χ4n) is 2.66. The van der Waals surface area contributed by atoms with Crippen LogP contribution in [0.25, 0.3) is 0 Å². The second-order valence-electron chi connectivity index (χ2n) is 4.99. The number of aromatic nitrogens is 2. The van der Waals surface area contributed by atoms with Gasteiger partial charge in [-0.3, -0.25) is 0 Å². The second-order valence-corrected chi connectivity index (χ2v) is 4.99. The fraction of sp³-hybridized carbons (Fsp3) is 0.750. The Morgan fingerprint density at radius 3 is 3.00 bits per heavy atom. The van der Waals surface area contributed by atoms with Crippen molar-refractivity contribution in [3.8, 4) is 0 Å². The normalized spacial score (nSPS) is 30.3. The molecular formula is C12H22N4. The highest BCUT2D eigenvalue weighted by molar-refractivity contribution is 5.32. The van der Waals surface area contributed by atoms with Gasteiger partial charge in [0, 0.05) is 26.0 Å². The van der Waals surface area contributed by atoms with Gasteiger partial charge in [-0.1, -0.05) is 19.8 Å². The topological polar surface area (TPSA) is 55.9 Å². The number of aryl methyl sites for hydroxylation is 1. The van der Waals surface area contributed by atoms with Crippen molar-refractivity contribution in [1.82, 2.24) is 9.55 Å². The zero-order valence-electron chi connectivity index (χ0n) is 10.2. The summed E-state index contributed by atoms with van der Waals surface area (Å²) in [6.45, 7) is 2.98. The predicted octanol–water partition coefficient (Wildman–Crippen LogP) is 1.74. The number of nitrogens with two attached hydrogens (primary N) is 1. The van der Waals surface area contributed by atoms with E-state index in [1.807, 2.05) is 24.0 Å². The van der Waals surface area contributed by atoms with Crippen molar-refractivity contribution in [2.75, 3.05) is 11.9 Å². The van der Waals surface area contributed by atoms with Gasteiger partial charge in [-0.15, -0.1) is 0 Å². The van der Waals surface area contributed by atoms with Gasteiger partial charge in [-0.2, -0.15) is 0 Å². The van der Waals surface area contributed by atoms with Gasteiger partial charge in [0.25, 0.3) is 0 Å². The van der Waals surface area contributed by atoms with E-state index >= 15 is 0 Å². The lowest BCUT2D eigenvalue weighted by atomic mass is 9.73. The molecule has 1 fully saturated rings. The molecule has 2 atom stereocenters. The summed E-state index contributed by atoms with van der Waals surface area (Å²) in [6, 6.07) is 0. The molecule has 16 heavy (non-hydrogen) atoms. The van der Waals surface area contributed by atoms with E-state index in [-0.39, 0.29) is 5.54 Å². The molecule has 0 bridgehead atoms. The zero-order chi connectivity index (χ0) is 11.6. The number of imidazole rings is 1. The summed E-state index contributed by atoms with van der Waals surface area (Å²) in [5, 5.41) is 3.57.